The molecule has 0 saturated carbocycles. The first-order valence-electron chi connectivity index (χ1n) is 7.51. The van der Waals surface area contributed by atoms with Crippen LogP contribution in [0.15, 0.2) is 54.9 Å². The second-order valence-corrected chi connectivity index (χ2v) is 5.26. The van der Waals surface area contributed by atoms with E-state index >= 15 is 0 Å². The van der Waals surface area contributed by atoms with Crippen molar-refractivity contribution in [3.05, 3.63) is 71.8 Å². The lowest BCUT2D eigenvalue weighted by Gasteiger charge is -2.09. The zero-order valence-electron chi connectivity index (χ0n) is 13.4. The van der Waals surface area contributed by atoms with E-state index in [1.807, 2.05) is 0 Å². The Morgan fingerprint density at radius 3 is 2.84 bits per heavy atom. The van der Waals surface area contributed by atoms with Crippen LogP contribution in [0.3, 0.4) is 0 Å². The first-order valence-corrected chi connectivity index (χ1v) is 7.51. The maximum atomic E-state index is 13.8. The summed E-state index contributed by atoms with van der Waals surface area (Å²) in [6.07, 6.45) is 2.81. The summed E-state index contributed by atoms with van der Waals surface area (Å²) in [6.45, 7) is -0.210. The molecule has 25 heavy (non-hydrogen) atoms. The fourth-order valence-electron chi connectivity index (χ4n) is 2.39. The lowest BCUT2D eigenvalue weighted by molar-refractivity contribution is 0.102. The first-order chi connectivity index (χ1) is 12.1. The molecule has 0 spiro atoms. The minimum absolute atomic E-state index is 0.210. The van der Waals surface area contributed by atoms with Gasteiger partial charge < -0.3 is 15.2 Å². The predicted molar refractivity (Wildman–Crippen MR) is 90.4 cm³/mol. The summed E-state index contributed by atoms with van der Waals surface area (Å²) in [5.74, 6) is -0.287. The number of para-hydroxylation sites is 1. The lowest BCUT2D eigenvalue weighted by Crippen LogP contribution is -2.11. The van der Waals surface area contributed by atoms with Gasteiger partial charge in [0.05, 0.1) is 25.5 Å². The predicted octanol–water partition coefficient (Wildman–Crippen LogP) is 2.76. The number of carbonyl (C=O) groups excluding carboxylic acids is 1. The van der Waals surface area contributed by atoms with Crippen molar-refractivity contribution in [2.24, 2.45) is 0 Å². The lowest BCUT2D eigenvalue weighted by atomic mass is 10.2. The van der Waals surface area contributed by atoms with E-state index in [0.29, 0.717) is 17.0 Å². The molecule has 2 aromatic carbocycles. The van der Waals surface area contributed by atoms with E-state index in [4.69, 9.17) is 4.74 Å². The molecule has 1 heterocycles. The van der Waals surface area contributed by atoms with E-state index in [0.717, 1.165) is 0 Å². The highest BCUT2D eigenvalue weighted by Gasteiger charge is 2.12. The van der Waals surface area contributed by atoms with E-state index in [2.05, 4.69) is 10.4 Å². The molecule has 7 heteroatoms. The van der Waals surface area contributed by atoms with Crippen molar-refractivity contribution in [2.75, 3.05) is 12.4 Å². The van der Waals surface area contributed by atoms with Crippen molar-refractivity contribution >= 4 is 11.6 Å². The van der Waals surface area contributed by atoms with Crippen LogP contribution in [0.5, 0.6) is 5.75 Å². The molecular formula is C18H16FN3O3. The number of benzene rings is 2. The van der Waals surface area contributed by atoms with Gasteiger partial charge >= 0.3 is 0 Å². The summed E-state index contributed by atoms with van der Waals surface area (Å²) < 4.78 is 20.2. The Bertz CT molecular complexity index is 908. The molecule has 1 aromatic heterocycles. The zero-order chi connectivity index (χ0) is 17.8. The molecule has 0 radical (unpaired) electrons. The molecule has 3 rings (SSSR count). The number of aliphatic hydroxyl groups excluding tert-OH is 1. The number of carbonyl (C=O) groups is 1. The molecule has 0 fully saturated rings. The number of amides is 1. The van der Waals surface area contributed by atoms with Crippen molar-refractivity contribution in [3.8, 4) is 11.4 Å². The Morgan fingerprint density at radius 1 is 1.32 bits per heavy atom. The van der Waals surface area contributed by atoms with Crippen LogP contribution >= 0.6 is 0 Å². The van der Waals surface area contributed by atoms with Crippen LogP contribution in [0.25, 0.3) is 5.69 Å². The van der Waals surface area contributed by atoms with E-state index in [9.17, 15) is 14.3 Å². The van der Waals surface area contributed by atoms with Crippen LogP contribution in [0, 0.1) is 5.82 Å². The SMILES string of the molecule is COc1ccc(NC(=O)c2cnn(-c3ccccc3F)c2)cc1CO. The van der Waals surface area contributed by atoms with Gasteiger partial charge in [-0.3, -0.25) is 4.79 Å². The molecule has 0 aliphatic rings. The molecule has 0 atom stereocenters. The van der Waals surface area contributed by atoms with Gasteiger partial charge in [-0.1, -0.05) is 12.1 Å². The molecule has 0 unspecified atom stereocenters. The van der Waals surface area contributed by atoms with Crippen molar-refractivity contribution < 1.29 is 19.0 Å². The number of halogens is 1. The Morgan fingerprint density at radius 2 is 2.12 bits per heavy atom. The number of methoxy groups -OCH3 is 1. The average molecular weight is 341 g/mol. The third-order valence-corrected chi connectivity index (χ3v) is 3.65. The summed E-state index contributed by atoms with van der Waals surface area (Å²) in [6, 6.07) is 11.1. The molecule has 0 aliphatic carbocycles. The number of rotatable bonds is 5. The first kappa shape index (κ1) is 16.7. The number of aliphatic hydroxyl groups is 1. The van der Waals surface area contributed by atoms with Gasteiger partial charge in [0.1, 0.15) is 17.3 Å². The van der Waals surface area contributed by atoms with Gasteiger partial charge in [-0.2, -0.15) is 5.10 Å². The van der Waals surface area contributed by atoms with Crippen molar-refractivity contribution in [2.45, 2.75) is 6.61 Å². The fraction of sp³-hybridized carbons (Fsp3) is 0.111. The number of ether oxygens (including phenoxy) is 1. The Balaban J connectivity index is 1.80. The third kappa shape index (κ3) is 3.51. The number of nitrogens with zero attached hydrogens (tertiary/aromatic N) is 2. The second kappa shape index (κ2) is 7.14. The van der Waals surface area contributed by atoms with Gasteiger partial charge in [-0.15, -0.1) is 0 Å². The molecule has 2 N–H and O–H groups in total. The summed E-state index contributed by atoms with van der Waals surface area (Å²) in [7, 11) is 1.50. The largest absolute Gasteiger partial charge is 0.496 e. The quantitative estimate of drug-likeness (QED) is 0.748. The molecular weight excluding hydrogens is 325 g/mol. The summed E-state index contributed by atoms with van der Waals surface area (Å²) in [5.41, 5.74) is 1.61. The molecule has 128 valence electrons. The maximum Gasteiger partial charge on any atom is 0.258 e. The normalized spacial score (nSPS) is 10.5. The minimum Gasteiger partial charge on any atom is -0.496 e. The monoisotopic (exact) mass is 341 g/mol. The van der Waals surface area contributed by atoms with Gasteiger partial charge in [0.25, 0.3) is 5.91 Å². The number of nitrogens with one attached hydrogen (secondary N) is 1. The smallest absolute Gasteiger partial charge is 0.258 e. The average Bonchev–Trinajstić information content (AvgIpc) is 3.12. The third-order valence-electron chi connectivity index (χ3n) is 3.65. The van der Waals surface area contributed by atoms with Crippen LogP contribution in [0.2, 0.25) is 0 Å². The van der Waals surface area contributed by atoms with Crippen LogP contribution in [0.1, 0.15) is 15.9 Å². The molecule has 0 saturated heterocycles. The molecule has 6 nitrogen and oxygen atoms in total. The standard InChI is InChI=1S/C18H16FN3O3/c1-25-17-7-6-14(8-12(17)11-23)21-18(24)13-9-20-22(10-13)16-5-3-2-4-15(16)19/h2-10,23H,11H2,1H3,(H,21,24). The Kier molecular flexibility index (Phi) is 4.76. The van der Waals surface area contributed by atoms with Crippen molar-refractivity contribution in [3.63, 3.8) is 0 Å². The number of hydrogen-bond donors (Lipinski definition) is 2. The molecule has 0 bridgehead atoms. The fourth-order valence-corrected chi connectivity index (χ4v) is 2.39. The van der Waals surface area contributed by atoms with Gasteiger partial charge in [0.15, 0.2) is 0 Å². The van der Waals surface area contributed by atoms with Crippen LogP contribution in [0.4, 0.5) is 10.1 Å². The van der Waals surface area contributed by atoms with Gasteiger partial charge in [0, 0.05) is 17.4 Å². The Labute approximate surface area is 143 Å². The highest BCUT2D eigenvalue weighted by atomic mass is 19.1. The van der Waals surface area contributed by atoms with Gasteiger partial charge in [-0.25, -0.2) is 9.07 Å². The van der Waals surface area contributed by atoms with E-state index in [1.165, 1.54) is 30.3 Å². The van der Waals surface area contributed by atoms with E-state index in [1.54, 1.807) is 36.4 Å². The van der Waals surface area contributed by atoms with E-state index < -0.39 is 11.7 Å². The summed E-state index contributed by atoms with van der Waals surface area (Å²) >= 11 is 0. The Hall–Kier alpha value is -3.19. The highest BCUT2D eigenvalue weighted by molar-refractivity contribution is 6.04. The number of hydrogen-bond acceptors (Lipinski definition) is 4. The number of aromatic nitrogens is 2. The molecule has 0 aliphatic heterocycles. The van der Waals surface area contributed by atoms with Crippen LogP contribution in [-0.2, 0) is 6.61 Å². The second-order valence-electron chi connectivity index (χ2n) is 5.26. The van der Waals surface area contributed by atoms with Crippen molar-refractivity contribution in [1.82, 2.24) is 9.78 Å². The topological polar surface area (TPSA) is 76.4 Å². The minimum atomic E-state index is -0.430. The summed E-state index contributed by atoms with van der Waals surface area (Å²) in [4.78, 5) is 12.3. The zero-order valence-corrected chi connectivity index (χ0v) is 13.4. The molecule has 3 aromatic rings. The van der Waals surface area contributed by atoms with Gasteiger partial charge in [-0.05, 0) is 30.3 Å². The highest BCUT2D eigenvalue weighted by Crippen LogP contribution is 2.23. The van der Waals surface area contributed by atoms with E-state index in [-0.39, 0.29) is 17.9 Å². The van der Waals surface area contributed by atoms with Crippen LogP contribution in [-0.4, -0.2) is 27.9 Å². The maximum absolute atomic E-state index is 13.8. The molecule has 1 amide bonds. The van der Waals surface area contributed by atoms with Crippen molar-refractivity contribution in [1.29, 1.82) is 0 Å². The van der Waals surface area contributed by atoms with Crippen LogP contribution < -0.4 is 10.1 Å². The summed E-state index contributed by atoms with van der Waals surface area (Å²) in [5, 5.41) is 16.1. The van der Waals surface area contributed by atoms with Gasteiger partial charge in [0.2, 0.25) is 0 Å². The number of anilines is 1.